The molecule has 0 radical (unpaired) electrons. The second-order valence-corrected chi connectivity index (χ2v) is 5.54. The van der Waals surface area contributed by atoms with E-state index in [9.17, 15) is 21.6 Å². The van der Waals surface area contributed by atoms with Crippen molar-refractivity contribution < 1.29 is 25.8 Å². The van der Waals surface area contributed by atoms with E-state index in [2.05, 4.69) is 14.2 Å². The maximum atomic E-state index is 12.2. The average molecular weight is 294 g/mol. The van der Waals surface area contributed by atoms with Crippen LogP contribution in [0.1, 0.15) is 24.1 Å². The van der Waals surface area contributed by atoms with Crippen LogP contribution in [0.25, 0.3) is 0 Å². The molecule has 0 aliphatic carbocycles. The van der Waals surface area contributed by atoms with Crippen LogP contribution in [0.5, 0.6) is 5.88 Å². The molecule has 0 bridgehead atoms. The van der Waals surface area contributed by atoms with E-state index in [-0.39, 0.29) is 5.92 Å². The third-order valence-corrected chi connectivity index (χ3v) is 3.44. The fourth-order valence-electron chi connectivity index (χ4n) is 1.57. The number of alkyl halides is 3. The minimum atomic E-state index is -5.69. The highest BCUT2D eigenvalue weighted by atomic mass is 32.2. The summed E-state index contributed by atoms with van der Waals surface area (Å²) in [5.74, 6) is -0.713. The van der Waals surface area contributed by atoms with Crippen LogP contribution in [0.2, 0.25) is 0 Å². The molecular weight excluding hydrogens is 285 g/mol. The van der Waals surface area contributed by atoms with E-state index in [1.54, 1.807) is 6.92 Å². The minimum absolute atomic E-state index is 0.114. The SMILES string of the molecule is CC1CN=Cc2ccc(OS(=O)(=O)C(F)(F)F)nc21. The van der Waals surface area contributed by atoms with Crippen LogP contribution in [0.3, 0.4) is 0 Å². The van der Waals surface area contributed by atoms with Gasteiger partial charge in [-0.2, -0.15) is 21.6 Å². The lowest BCUT2D eigenvalue weighted by molar-refractivity contribution is -0.0501. The summed E-state index contributed by atoms with van der Waals surface area (Å²) in [6.07, 6.45) is 1.53. The summed E-state index contributed by atoms with van der Waals surface area (Å²) in [5, 5.41) is 0. The molecule has 0 saturated heterocycles. The fraction of sp³-hybridized carbons (Fsp3) is 0.400. The topological polar surface area (TPSA) is 68.6 Å². The minimum Gasteiger partial charge on any atom is -0.355 e. The Hall–Kier alpha value is -1.64. The van der Waals surface area contributed by atoms with Crippen molar-refractivity contribution in [3.63, 3.8) is 0 Å². The molecule has 1 unspecified atom stereocenters. The van der Waals surface area contributed by atoms with E-state index in [0.29, 0.717) is 17.8 Å². The Morgan fingerprint density at radius 1 is 1.37 bits per heavy atom. The Bertz CT molecular complexity index is 625. The molecule has 1 aromatic rings. The summed E-state index contributed by atoms with van der Waals surface area (Å²) in [5.41, 5.74) is -4.38. The number of pyridine rings is 1. The highest BCUT2D eigenvalue weighted by Gasteiger charge is 2.48. The van der Waals surface area contributed by atoms with E-state index in [4.69, 9.17) is 0 Å². The fourth-order valence-corrected chi connectivity index (χ4v) is 1.98. The number of rotatable bonds is 2. The number of fused-ring (bicyclic) bond motifs is 1. The van der Waals surface area contributed by atoms with E-state index >= 15 is 0 Å². The van der Waals surface area contributed by atoms with Crippen LogP contribution in [-0.4, -0.2) is 31.7 Å². The highest BCUT2D eigenvalue weighted by Crippen LogP contribution is 2.28. The first-order chi connectivity index (χ1) is 8.71. The molecule has 19 heavy (non-hydrogen) atoms. The Morgan fingerprint density at radius 2 is 2.05 bits per heavy atom. The van der Waals surface area contributed by atoms with Gasteiger partial charge >= 0.3 is 15.6 Å². The van der Waals surface area contributed by atoms with Crippen LogP contribution >= 0.6 is 0 Å². The van der Waals surface area contributed by atoms with Gasteiger partial charge < -0.3 is 4.18 Å². The number of hydrogen-bond donors (Lipinski definition) is 0. The molecule has 0 aromatic carbocycles. The number of aliphatic imine (C=N–C) groups is 1. The molecule has 5 nitrogen and oxygen atoms in total. The predicted octanol–water partition coefficient (Wildman–Crippen LogP) is 1.85. The molecular formula is C10H9F3N2O3S. The van der Waals surface area contributed by atoms with Gasteiger partial charge in [0.15, 0.2) is 0 Å². The standard InChI is InChI=1S/C10H9F3N2O3S/c1-6-4-14-5-7-2-3-8(15-9(6)7)18-19(16,17)10(11,12)13/h2-3,5-6H,4H2,1H3. The molecule has 0 N–H and O–H groups in total. The van der Waals surface area contributed by atoms with Gasteiger partial charge in [-0.05, 0) is 6.07 Å². The van der Waals surface area contributed by atoms with Crippen molar-refractivity contribution >= 4 is 16.3 Å². The van der Waals surface area contributed by atoms with Crippen LogP contribution in [0.4, 0.5) is 13.2 Å². The first-order valence-electron chi connectivity index (χ1n) is 5.22. The molecule has 1 aliphatic rings. The zero-order chi connectivity index (χ0) is 14.3. The molecule has 104 valence electrons. The van der Waals surface area contributed by atoms with Crippen molar-refractivity contribution in [1.29, 1.82) is 0 Å². The van der Waals surface area contributed by atoms with E-state index < -0.39 is 21.5 Å². The third kappa shape index (κ3) is 2.70. The molecule has 1 aliphatic heterocycles. The summed E-state index contributed by atoms with van der Waals surface area (Å²) in [6.45, 7) is 2.22. The molecule has 1 atom stereocenters. The van der Waals surface area contributed by atoms with Crippen LogP contribution in [0.15, 0.2) is 17.1 Å². The molecule has 0 spiro atoms. The molecule has 0 amide bonds. The number of halogens is 3. The molecule has 0 fully saturated rings. The highest BCUT2D eigenvalue weighted by molar-refractivity contribution is 7.87. The Morgan fingerprint density at radius 3 is 2.68 bits per heavy atom. The Labute approximate surface area is 107 Å². The van der Waals surface area contributed by atoms with Crippen molar-refractivity contribution in [2.24, 2.45) is 4.99 Å². The summed E-state index contributed by atoms with van der Waals surface area (Å²) < 4.78 is 62.2. The lowest BCUT2D eigenvalue weighted by Crippen LogP contribution is -2.28. The van der Waals surface area contributed by atoms with Gasteiger partial charge in [0.2, 0.25) is 5.88 Å². The molecule has 2 rings (SSSR count). The van der Waals surface area contributed by atoms with Gasteiger partial charge in [0.05, 0.1) is 5.69 Å². The van der Waals surface area contributed by atoms with Crippen molar-refractivity contribution in [3.8, 4) is 5.88 Å². The van der Waals surface area contributed by atoms with Gasteiger partial charge in [0, 0.05) is 30.3 Å². The first kappa shape index (κ1) is 13.8. The Kier molecular flexibility index (Phi) is 3.25. The van der Waals surface area contributed by atoms with Crippen molar-refractivity contribution in [2.75, 3.05) is 6.54 Å². The van der Waals surface area contributed by atoms with Gasteiger partial charge in [0.25, 0.3) is 0 Å². The van der Waals surface area contributed by atoms with Crippen molar-refractivity contribution in [1.82, 2.24) is 4.98 Å². The zero-order valence-electron chi connectivity index (χ0n) is 9.68. The number of nitrogens with zero attached hydrogens (tertiary/aromatic N) is 2. The predicted molar refractivity (Wildman–Crippen MR) is 60.7 cm³/mol. The second-order valence-electron chi connectivity index (χ2n) is 4.00. The van der Waals surface area contributed by atoms with E-state index in [1.165, 1.54) is 12.3 Å². The lowest BCUT2D eigenvalue weighted by atomic mass is 10.0. The van der Waals surface area contributed by atoms with Gasteiger partial charge in [-0.25, -0.2) is 4.98 Å². The monoisotopic (exact) mass is 294 g/mol. The first-order valence-corrected chi connectivity index (χ1v) is 6.63. The third-order valence-electron chi connectivity index (χ3n) is 2.49. The van der Waals surface area contributed by atoms with E-state index in [1.807, 2.05) is 0 Å². The normalized spacial score (nSPS) is 19.1. The van der Waals surface area contributed by atoms with Gasteiger partial charge in [-0.3, -0.25) is 4.99 Å². The number of hydrogen-bond acceptors (Lipinski definition) is 5. The zero-order valence-corrected chi connectivity index (χ0v) is 10.5. The average Bonchev–Trinajstić information content (AvgIpc) is 2.28. The van der Waals surface area contributed by atoms with Crippen molar-refractivity contribution in [3.05, 3.63) is 23.4 Å². The van der Waals surface area contributed by atoms with Crippen LogP contribution in [-0.2, 0) is 10.1 Å². The molecule has 1 aromatic heterocycles. The summed E-state index contributed by atoms with van der Waals surface area (Å²) in [7, 11) is -5.69. The maximum absolute atomic E-state index is 12.2. The van der Waals surface area contributed by atoms with Crippen LogP contribution < -0.4 is 4.18 Å². The second kappa shape index (κ2) is 4.48. The van der Waals surface area contributed by atoms with Gasteiger partial charge in [0.1, 0.15) is 0 Å². The maximum Gasteiger partial charge on any atom is 0.534 e. The van der Waals surface area contributed by atoms with E-state index in [0.717, 1.165) is 6.07 Å². The molecule has 0 saturated carbocycles. The molecule has 9 heteroatoms. The summed E-state index contributed by atoms with van der Waals surface area (Å²) >= 11 is 0. The molecule has 2 heterocycles. The van der Waals surface area contributed by atoms with Crippen molar-refractivity contribution in [2.45, 2.75) is 18.3 Å². The number of aromatic nitrogens is 1. The summed E-state index contributed by atoms with van der Waals surface area (Å²) in [6, 6.07) is 2.48. The summed E-state index contributed by atoms with van der Waals surface area (Å²) in [4.78, 5) is 7.84. The van der Waals surface area contributed by atoms with Gasteiger partial charge in [-0.15, -0.1) is 0 Å². The largest absolute Gasteiger partial charge is 0.534 e. The van der Waals surface area contributed by atoms with Crippen LogP contribution in [0, 0.1) is 0 Å². The smallest absolute Gasteiger partial charge is 0.355 e. The Balaban J connectivity index is 2.34. The quantitative estimate of drug-likeness (QED) is 0.616. The lowest BCUT2D eigenvalue weighted by Gasteiger charge is -2.17. The van der Waals surface area contributed by atoms with Gasteiger partial charge in [-0.1, -0.05) is 6.92 Å².